The fourth-order valence-corrected chi connectivity index (χ4v) is 3.78. The zero-order valence-corrected chi connectivity index (χ0v) is 16.4. The summed E-state index contributed by atoms with van der Waals surface area (Å²) < 4.78 is 1.71. The largest absolute Gasteiger partial charge is 0.277 e. The maximum atomic E-state index is 12.9. The number of pyridine rings is 1. The third kappa shape index (κ3) is 2.57. The number of amides is 2. The van der Waals surface area contributed by atoms with Crippen LogP contribution >= 0.6 is 11.6 Å². The van der Waals surface area contributed by atoms with Crippen molar-refractivity contribution in [1.82, 2.24) is 19.7 Å². The number of hydrogen-bond acceptors (Lipinski definition) is 4. The molecule has 142 valence electrons. The molecule has 7 heteroatoms. The van der Waals surface area contributed by atoms with E-state index in [1.807, 2.05) is 43.3 Å². The molecule has 1 aliphatic heterocycles. The van der Waals surface area contributed by atoms with E-state index in [9.17, 15) is 9.59 Å². The molecule has 0 radical (unpaired) electrons. The van der Waals surface area contributed by atoms with Crippen molar-refractivity contribution in [2.24, 2.45) is 0 Å². The quantitative estimate of drug-likeness (QED) is 0.469. The monoisotopic (exact) mass is 402 g/mol. The fourth-order valence-electron chi connectivity index (χ4n) is 3.66. The van der Waals surface area contributed by atoms with Gasteiger partial charge in [-0.25, -0.2) is 9.67 Å². The third-order valence-corrected chi connectivity index (χ3v) is 5.37. The van der Waals surface area contributed by atoms with E-state index in [1.165, 1.54) is 13.2 Å². The van der Waals surface area contributed by atoms with Crippen LogP contribution in [0.3, 0.4) is 0 Å². The van der Waals surface area contributed by atoms with Crippen LogP contribution < -0.4 is 0 Å². The molecule has 0 aliphatic carbocycles. The first-order chi connectivity index (χ1) is 14.0. The molecule has 0 spiro atoms. The van der Waals surface area contributed by atoms with Crippen LogP contribution in [0.1, 0.15) is 26.3 Å². The number of rotatable bonds is 2. The molecule has 29 heavy (non-hydrogen) atoms. The number of halogens is 1. The average Bonchev–Trinajstić information content (AvgIpc) is 3.20. The number of nitrogens with zero attached hydrogens (tertiary/aromatic N) is 4. The lowest BCUT2D eigenvalue weighted by molar-refractivity contribution is 0.0693. The molecule has 6 nitrogen and oxygen atoms in total. The highest BCUT2D eigenvalue weighted by atomic mass is 35.5. The summed E-state index contributed by atoms with van der Waals surface area (Å²) in [7, 11) is 1.48. The van der Waals surface area contributed by atoms with Gasteiger partial charge >= 0.3 is 0 Å². The van der Waals surface area contributed by atoms with Crippen LogP contribution in [0.5, 0.6) is 0 Å². The highest BCUT2D eigenvalue weighted by molar-refractivity contribution is 6.30. The van der Waals surface area contributed by atoms with Crippen LogP contribution in [-0.2, 0) is 0 Å². The number of aryl methyl sites for hydroxylation is 1. The molecule has 2 amide bonds. The lowest BCUT2D eigenvalue weighted by atomic mass is 10.0. The molecule has 2 aromatic carbocycles. The number of aromatic nitrogens is 3. The van der Waals surface area contributed by atoms with Gasteiger partial charge in [0.1, 0.15) is 5.69 Å². The summed E-state index contributed by atoms with van der Waals surface area (Å²) in [5, 5.41) is 5.96. The molecule has 0 bridgehead atoms. The van der Waals surface area contributed by atoms with E-state index in [-0.39, 0.29) is 11.8 Å². The molecule has 0 atom stereocenters. The summed E-state index contributed by atoms with van der Waals surface area (Å²) in [6.45, 7) is 2.00. The SMILES string of the molecule is Cc1cccc(-n2nc(-c3ccc(Cl)cc3)c3c4c(cnc32)C(=O)N(C)C4=O)c1. The van der Waals surface area contributed by atoms with Gasteiger partial charge in [-0.3, -0.25) is 14.5 Å². The Kier molecular flexibility index (Phi) is 3.79. The van der Waals surface area contributed by atoms with Crippen LogP contribution in [-0.4, -0.2) is 38.5 Å². The molecule has 0 saturated heterocycles. The van der Waals surface area contributed by atoms with Gasteiger partial charge < -0.3 is 0 Å². The zero-order chi connectivity index (χ0) is 20.3. The van der Waals surface area contributed by atoms with E-state index in [4.69, 9.17) is 16.7 Å². The Labute approximate surface area is 171 Å². The second kappa shape index (κ2) is 6.25. The first-order valence-corrected chi connectivity index (χ1v) is 9.40. The van der Waals surface area contributed by atoms with E-state index in [2.05, 4.69) is 4.98 Å². The van der Waals surface area contributed by atoms with E-state index in [0.717, 1.165) is 21.7 Å². The number of imide groups is 1. The van der Waals surface area contributed by atoms with Gasteiger partial charge in [-0.15, -0.1) is 0 Å². The van der Waals surface area contributed by atoms with Crippen molar-refractivity contribution in [3.8, 4) is 16.9 Å². The molecular weight excluding hydrogens is 388 g/mol. The predicted octanol–water partition coefficient (Wildman–Crippen LogP) is 4.28. The molecule has 1 aliphatic rings. The standard InChI is InChI=1S/C22H15ClN4O2/c1-12-4-3-5-15(10-12)27-20-18(19(25-27)13-6-8-14(23)9-7-13)17-16(11-24-20)21(28)26(2)22(17)29/h3-11H,1-2H3. The molecule has 4 aromatic rings. The summed E-state index contributed by atoms with van der Waals surface area (Å²) in [6, 6.07) is 15.1. The molecule has 0 unspecified atom stereocenters. The van der Waals surface area contributed by atoms with Crippen LogP contribution in [0, 0.1) is 6.92 Å². The Morgan fingerprint density at radius 2 is 1.76 bits per heavy atom. The van der Waals surface area contributed by atoms with Gasteiger partial charge in [0.2, 0.25) is 0 Å². The van der Waals surface area contributed by atoms with Gasteiger partial charge in [0.15, 0.2) is 5.65 Å². The number of carbonyl (C=O) groups is 2. The van der Waals surface area contributed by atoms with Gasteiger partial charge in [-0.2, -0.15) is 5.10 Å². The smallest absolute Gasteiger partial charge is 0.262 e. The molecule has 3 heterocycles. The maximum absolute atomic E-state index is 12.9. The second-order valence-corrected chi connectivity index (χ2v) is 7.46. The number of benzene rings is 2. The van der Waals surface area contributed by atoms with Crippen LogP contribution in [0.25, 0.3) is 28.0 Å². The van der Waals surface area contributed by atoms with E-state index in [0.29, 0.717) is 32.9 Å². The van der Waals surface area contributed by atoms with Gasteiger partial charge in [0.25, 0.3) is 11.8 Å². The Balaban J connectivity index is 1.89. The Hall–Kier alpha value is -3.51. The predicted molar refractivity (Wildman–Crippen MR) is 110 cm³/mol. The summed E-state index contributed by atoms with van der Waals surface area (Å²) in [5.74, 6) is -0.707. The van der Waals surface area contributed by atoms with Crippen molar-refractivity contribution in [1.29, 1.82) is 0 Å². The van der Waals surface area contributed by atoms with E-state index >= 15 is 0 Å². The van der Waals surface area contributed by atoms with Crippen molar-refractivity contribution >= 4 is 34.4 Å². The van der Waals surface area contributed by atoms with Crippen molar-refractivity contribution in [2.45, 2.75) is 6.92 Å². The van der Waals surface area contributed by atoms with Gasteiger partial charge in [0, 0.05) is 23.8 Å². The highest BCUT2D eigenvalue weighted by Crippen LogP contribution is 2.36. The van der Waals surface area contributed by atoms with Crippen LogP contribution in [0.4, 0.5) is 0 Å². The normalized spacial score (nSPS) is 13.4. The first kappa shape index (κ1) is 17.6. The van der Waals surface area contributed by atoms with Gasteiger partial charge in [-0.05, 0) is 36.8 Å². The molecule has 5 rings (SSSR count). The van der Waals surface area contributed by atoms with E-state index in [1.54, 1.807) is 16.8 Å². The number of carbonyl (C=O) groups excluding carboxylic acids is 2. The summed E-state index contributed by atoms with van der Waals surface area (Å²) >= 11 is 6.05. The summed E-state index contributed by atoms with van der Waals surface area (Å²) in [4.78, 5) is 31.0. The lowest BCUT2D eigenvalue weighted by Gasteiger charge is -2.04. The first-order valence-electron chi connectivity index (χ1n) is 9.03. The average molecular weight is 403 g/mol. The minimum absolute atomic E-state index is 0.295. The Bertz CT molecular complexity index is 1320. The number of fused-ring (bicyclic) bond motifs is 3. The minimum Gasteiger partial charge on any atom is -0.277 e. The number of hydrogen-bond donors (Lipinski definition) is 0. The molecule has 0 saturated carbocycles. The maximum Gasteiger partial charge on any atom is 0.262 e. The molecule has 0 fully saturated rings. The van der Waals surface area contributed by atoms with Gasteiger partial charge in [-0.1, -0.05) is 35.9 Å². The zero-order valence-electron chi connectivity index (χ0n) is 15.7. The van der Waals surface area contributed by atoms with Crippen LogP contribution in [0.15, 0.2) is 54.7 Å². The van der Waals surface area contributed by atoms with E-state index < -0.39 is 0 Å². The van der Waals surface area contributed by atoms with Crippen molar-refractivity contribution < 1.29 is 9.59 Å². The Morgan fingerprint density at radius 3 is 2.48 bits per heavy atom. The van der Waals surface area contributed by atoms with Crippen molar-refractivity contribution in [2.75, 3.05) is 7.05 Å². The molecule has 0 N–H and O–H groups in total. The lowest BCUT2D eigenvalue weighted by Crippen LogP contribution is -2.24. The van der Waals surface area contributed by atoms with Crippen LogP contribution in [0.2, 0.25) is 5.02 Å². The molecular formula is C22H15ClN4O2. The third-order valence-electron chi connectivity index (χ3n) is 5.11. The second-order valence-electron chi connectivity index (χ2n) is 7.02. The molecule has 2 aromatic heterocycles. The topological polar surface area (TPSA) is 68.1 Å². The summed E-state index contributed by atoms with van der Waals surface area (Å²) in [5.41, 5.74) is 4.43. The van der Waals surface area contributed by atoms with Gasteiger partial charge in [0.05, 0.1) is 22.2 Å². The minimum atomic E-state index is -0.357. The fraction of sp³-hybridized carbons (Fsp3) is 0.0909. The highest BCUT2D eigenvalue weighted by Gasteiger charge is 2.37. The Morgan fingerprint density at radius 1 is 1.00 bits per heavy atom. The van der Waals surface area contributed by atoms with Crippen molar-refractivity contribution in [3.63, 3.8) is 0 Å². The summed E-state index contributed by atoms with van der Waals surface area (Å²) in [6.07, 6.45) is 1.46. The van der Waals surface area contributed by atoms with Crippen molar-refractivity contribution in [3.05, 3.63) is 76.4 Å².